The number of anilines is 2. The van der Waals surface area contributed by atoms with Gasteiger partial charge in [-0.3, -0.25) is 0 Å². The molecule has 0 aromatic heterocycles. The van der Waals surface area contributed by atoms with E-state index < -0.39 is 0 Å². The molecule has 1 aromatic carbocycles. The number of carbonyl (C=O) groups excluding carboxylic acids is 1. The van der Waals surface area contributed by atoms with Crippen molar-refractivity contribution < 1.29 is 9.53 Å². The van der Waals surface area contributed by atoms with Crippen molar-refractivity contribution in [2.75, 3.05) is 11.5 Å². The first-order valence-electron chi connectivity index (χ1n) is 6.42. The molecule has 4 N–H and O–H groups in total. The zero-order chi connectivity index (χ0) is 13.1. The molecule has 1 aliphatic carbocycles. The largest absolute Gasteiger partial charge is 0.459 e. The third-order valence-electron chi connectivity index (χ3n) is 3.46. The highest BCUT2D eigenvalue weighted by molar-refractivity contribution is 5.95. The third kappa shape index (κ3) is 2.94. The molecule has 1 fully saturated rings. The van der Waals surface area contributed by atoms with Gasteiger partial charge in [0, 0.05) is 11.4 Å². The van der Waals surface area contributed by atoms with Gasteiger partial charge in [-0.25, -0.2) is 4.79 Å². The number of hydrogen-bond donors (Lipinski definition) is 2. The van der Waals surface area contributed by atoms with Gasteiger partial charge >= 0.3 is 5.97 Å². The molecule has 0 saturated heterocycles. The monoisotopic (exact) mass is 248 g/mol. The van der Waals surface area contributed by atoms with Crippen LogP contribution in [-0.4, -0.2) is 12.1 Å². The van der Waals surface area contributed by atoms with Gasteiger partial charge < -0.3 is 16.2 Å². The van der Waals surface area contributed by atoms with E-state index in [0.29, 0.717) is 22.9 Å². The van der Waals surface area contributed by atoms with Crippen molar-refractivity contribution in [1.29, 1.82) is 0 Å². The second kappa shape index (κ2) is 5.29. The minimum absolute atomic E-state index is 0.0261. The summed E-state index contributed by atoms with van der Waals surface area (Å²) in [5.74, 6) is 0.284. The van der Waals surface area contributed by atoms with E-state index in [4.69, 9.17) is 16.2 Å². The van der Waals surface area contributed by atoms with Crippen LogP contribution < -0.4 is 11.5 Å². The van der Waals surface area contributed by atoms with Crippen LogP contribution in [0.25, 0.3) is 0 Å². The van der Waals surface area contributed by atoms with E-state index in [0.717, 1.165) is 19.3 Å². The Labute approximate surface area is 107 Å². The molecule has 4 nitrogen and oxygen atoms in total. The fraction of sp³-hybridized carbons (Fsp3) is 0.500. The molecule has 2 atom stereocenters. The lowest BCUT2D eigenvalue weighted by atomic mass is 9.89. The van der Waals surface area contributed by atoms with E-state index in [1.165, 1.54) is 6.42 Å². The number of nitrogens with two attached hydrogens (primary N) is 2. The van der Waals surface area contributed by atoms with Crippen LogP contribution in [0.5, 0.6) is 0 Å². The zero-order valence-corrected chi connectivity index (χ0v) is 10.7. The highest BCUT2D eigenvalue weighted by Gasteiger charge is 2.23. The summed E-state index contributed by atoms with van der Waals surface area (Å²) >= 11 is 0. The maximum Gasteiger partial charge on any atom is 0.340 e. The van der Waals surface area contributed by atoms with Crippen LogP contribution in [0.4, 0.5) is 11.4 Å². The van der Waals surface area contributed by atoms with E-state index in [-0.39, 0.29) is 12.1 Å². The molecule has 98 valence electrons. The van der Waals surface area contributed by atoms with Crippen molar-refractivity contribution >= 4 is 17.3 Å². The van der Waals surface area contributed by atoms with E-state index in [9.17, 15) is 4.79 Å². The Morgan fingerprint density at radius 3 is 2.78 bits per heavy atom. The van der Waals surface area contributed by atoms with Crippen LogP contribution in [0.3, 0.4) is 0 Å². The van der Waals surface area contributed by atoms with Crippen molar-refractivity contribution in [2.24, 2.45) is 5.92 Å². The highest BCUT2D eigenvalue weighted by Crippen LogP contribution is 2.27. The van der Waals surface area contributed by atoms with Gasteiger partial charge in [0.2, 0.25) is 0 Å². The molecule has 0 heterocycles. The summed E-state index contributed by atoms with van der Waals surface area (Å²) in [6, 6.07) is 4.87. The van der Waals surface area contributed by atoms with Crippen LogP contribution in [0.2, 0.25) is 0 Å². The summed E-state index contributed by atoms with van der Waals surface area (Å²) in [6.07, 6.45) is 4.26. The second-order valence-corrected chi connectivity index (χ2v) is 5.15. The molecule has 1 saturated carbocycles. The van der Waals surface area contributed by atoms with Crippen molar-refractivity contribution in [3.05, 3.63) is 23.8 Å². The number of esters is 1. The topological polar surface area (TPSA) is 78.3 Å². The van der Waals surface area contributed by atoms with Gasteiger partial charge in [-0.05, 0) is 43.4 Å². The number of ether oxygens (including phenoxy) is 1. The SMILES string of the molecule is CC1CCCC(OC(=O)c2ccc(N)cc2N)C1. The molecule has 0 radical (unpaired) electrons. The smallest absolute Gasteiger partial charge is 0.340 e. The molecule has 0 aliphatic heterocycles. The van der Waals surface area contributed by atoms with Crippen LogP contribution in [0.15, 0.2) is 18.2 Å². The summed E-state index contributed by atoms with van der Waals surface area (Å²) in [5, 5.41) is 0. The molecule has 18 heavy (non-hydrogen) atoms. The maximum absolute atomic E-state index is 12.0. The summed E-state index contributed by atoms with van der Waals surface area (Å²) in [4.78, 5) is 12.0. The molecule has 2 rings (SSSR count). The number of hydrogen-bond acceptors (Lipinski definition) is 4. The second-order valence-electron chi connectivity index (χ2n) is 5.15. The fourth-order valence-electron chi connectivity index (χ4n) is 2.47. The average Bonchev–Trinajstić information content (AvgIpc) is 2.28. The molecular weight excluding hydrogens is 228 g/mol. The highest BCUT2D eigenvalue weighted by atomic mass is 16.5. The van der Waals surface area contributed by atoms with Gasteiger partial charge in [-0.2, -0.15) is 0 Å². The van der Waals surface area contributed by atoms with Crippen LogP contribution >= 0.6 is 0 Å². The number of nitrogen functional groups attached to an aromatic ring is 2. The van der Waals surface area contributed by atoms with Gasteiger partial charge in [0.15, 0.2) is 0 Å². The van der Waals surface area contributed by atoms with Gasteiger partial charge in [0.25, 0.3) is 0 Å². The number of rotatable bonds is 2. The maximum atomic E-state index is 12.0. The Balaban J connectivity index is 2.03. The first kappa shape index (κ1) is 12.7. The van der Waals surface area contributed by atoms with Gasteiger partial charge in [-0.1, -0.05) is 13.3 Å². The number of carbonyl (C=O) groups is 1. The minimum Gasteiger partial charge on any atom is -0.459 e. The van der Waals surface area contributed by atoms with Crippen LogP contribution in [-0.2, 0) is 4.74 Å². The predicted molar refractivity (Wildman–Crippen MR) is 72.1 cm³/mol. The average molecular weight is 248 g/mol. The van der Waals surface area contributed by atoms with E-state index in [2.05, 4.69) is 6.92 Å². The van der Waals surface area contributed by atoms with Crippen molar-refractivity contribution in [1.82, 2.24) is 0 Å². The van der Waals surface area contributed by atoms with Gasteiger partial charge in [0.05, 0.1) is 5.56 Å². The molecule has 2 unspecified atom stereocenters. The first-order chi connectivity index (χ1) is 8.56. The Morgan fingerprint density at radius 2 is 2.11 bits per heavy atom. The summed E-state index contributed by atoms with van der Waals surface area (Å²) in [7, 11) is 0. The summed E-state index contributed by atoms with van der Waals surface area (Å²) in [5.41, 5.74) is 12.7. The van der Waals surface area contributed by atoms with Crippen LogP contribution in [0.1, 0.15) is 43.0 Å². The Hall–Kier alpha value is -1.71. The van der Waals surface area contributed by atoms with E-state index >= 15 is 0 Å². The summed E-state index contributed by atoms with van der Waals surface area (Å²) < 4.78 is 5.51. The van der Waals surface area contributed by atoms with Crippen molar-refractivity contribution in [3.8, 4) is 0 Å². The quantitative estimate of drug-likeness (QED) is 0.623. The predicted octanol–water partition coefficient (Wildman–Crippen LogP) is 2.59. The molecule has 0 amide bonds. The van der Waals surface area contributed by atoms with Crippen LogP contribution in [0, 0.1) is 5.92 Å². The minimum atomic E-state index is -0.341. The normalized spacial score (nSPS) is 23.6. The van der Waals surface area contributed by atoms with Gasteiger partial charge in [0.1, 0.15) is 6.10 Å². The van der Waals surface area contributed by atoms with E-state index in [1.54, 1.807) is 18.2 Å². The number of benzene rings is 1. The lowest BCUT2D eigenvalue weighted by Crippen LogP contribution is -2.25. The molecule has 1 aliphatic rings. The summed E-state index contributed by atoms with van der Waals surface area (Å²) in [6.45, 7) is 2.19. The zero-order valence-electron chi connectivity index (χ0n) is 10.7. The van der Waals surface area contributed by atoms with Gasteiger partial charge in [-0.15, -0.1) is 0 Å². The Kier molecular flexibility index (Phi) is 3.75. The lowest BCUT2D eigenvalue weighted by molar-refractivity contribution is 0.0156. The Morgan fingerprint density at radius 1 is 1.33 bits per heavy atom. The van der Waals surface area contributed by atoms with E-state index in [1.807, 2.05) is 0 Å². The molecule has 1 aromatic rings. The van der Waals surface area contributed by atoms with Crippen molar-refractivity contribution in [2.45, 2.75) is 38.7 Å². The fourth-order valence-corrected chi connectivity index (χ4v) is 2.47. The first-order valence-corrected chi connectivity index (χ1v) is 6.42. The molecule has 0 spiro atoms. The molecule has 0 bridgehead atoms. The van der Waals surface area contributed by atoms with Crippen molar-refractivity contribution in [3.63, 3.8) is 0 Å². The Bertz CT molecular complexity index is 445. The third-order valence-corrected chi connectivity index (χ3v) is 3.46. The standard InChI is InChI=1S/C14H20N2O2/c1-9-3-2-4-11(7-9)18-14(17)12-6-5-10(15)8-13(12)16/h5-6,8-9,11H,2-4,7,15-16H2,1H3. The molecular formula is C14H20N2O2. The lowest BCUT2D eigenvalue weighted by Gasteiger charge is -2.26. The molecule has 4 heteroatoms.